The highest BCUT2D eigenvalue weighted by molar-refractivity contribution is 5.90. The molecule has 5 nitrogen and oxygen atoms in total. The molecule has 2 atom stereocenters. The van der Waals surface area contributed by atoms with Crippen LogP contribution in [0.25, 0.3) is 0 Å². The van der Waals surface area contributed by atoms with E-state index in [9.17, 15) is 9.59 Å². The summed E-state index contributed by atoms with van der Waals surface area (Å²) in [6.45, 7) is 10.2. The Balaban J connectivity index is 2.80. The van der Waals surface area contributed by atoms with Crippen LogP contribution >= 0.6 is 0 Å². The standard InChI is InChI=1S/C16H30N2O3/c1-6-12(2)14-15(20)18(9-7-13(19)17-14)11-16(3,4)8-10-21-5/h12,14H,6-11H2,1-5H3,(H,17,19). The van der Waals surface area contributed by atoms with Gasteiger partial charge in [-0.2, -0.15) is 0 Å². The number of nitrogens with one attached hydrogen (secondary N) is 1. The van der Waals surface area contributed by atoms with Gasteiger partial charge in [0.05, 0.1) is 0 Å². The highest BCUT2D eigenvalue weighted by atomic mass is 16.5. The molecule has 5 heteroatoms. The van der Waals surface area contributed by atoms with E-state index < -0.39 is 0 Å². The molecule has 0 aromatic carbocycles. The Morgan fingerprint density at radius 3 is 2.67 bits per heavy atom. The van der Waals surface area contributed by atoms with E-state index in [1.165, 1.54) is 0 Å². The van der Waals surface area contributed by atoms with Crippen LogP contribution in [0.1, 0.15) is 47.0 Å². The van der Waals surface area contributed by atoms with Crippen LogP contribution in [0.3, 0.4) is 0 Å². The van der Waals surface area contributed by atoms with Crippen LogP contribution in [0.5, 0.6) is 0 Å². The van der Waals surface area contributed by atoms with Crippen molar-refractivity contribution in [3.63, 3.8) is 0 Å². The fraction of sp³-hybridized carbons (Fsp3) is 0.875. The summed E-state index contributed by atoms with van der Waals surface area (Å²) >= 11 is 0. The third-order valence-corrected chi connectivity index (χ3v) is 4.32. The molecule has 0 aromatic heterocycles. The van der Waals surface area contributed by atoms with Gasteiger partial charge in [-0.15, -0.1) is 0 Å². The molecule has 1 fully saturated rings. The third-order valence-electron chi connectivity index (χ3n) is 4.32. The van der Waals surface area contributed by atoms with Crippen LogP contribution in [-0.4, -0.2) is 49.6 Å². The van der Waals surface area contributed by atoms with Crippen molar-refractivity contribution in [3.05, 3.63) is 0 Å². The minimum Gasteiger partial charge on any atom is -0.385 e. The lowest BCUT2D eigenvalue weighted by molar-refractivity contribution is -0.136. The number of carbonyl (C=O) groups excluding carboxylic acids is 2. The maximum absolute atomic E-state index is 12.7. The topological polar surface area (TPSA) is 58.6 Å². The first-order valence-corrected chi connectivity index (χ1v) is 7.88. The molecule has 1 aliphatic rings. The van der Waals surface area contributed by atoms with Gasteiger partial charge in [0.1, 0.15) is 6.04 Å². The molecule has 1 aliphatic heterocycles. The van der Waals surface area contributed by atoms with Gasteiger partial charge >= 0.3 is 0 Å². The zero-order valence-corrected chi connectivity index (χ0v) is 14.1. The molecule has 0 aliphatic carbocycles. The van der Waals surface area contributed by atoms with Gasteiger partial charge in [0, 0.05) is 33.2 Å². The SMILES string of the molecule is CCC(C)C1NC(=O)CCN(CC(C)(C)CCOC)C1=O. The van der Waals surface area contributed by atoms with E-state index in [-0.39, 0.29) is 29.2 Å². The van der Waals surface area contributed by atoms with Gasteiger partial charge < -0.3 is 15.0 Å². The highest BCUT2D eigenvalue weighted by Gasteiger charge is 2.35. The minimum absolute atomic E-state index is 0.0148. The maximum Gasteiger partial charge on any atom is 0.245 e. The summed E-state index contributed by atoms with van der Waals surface area (Å²) in [6.07, 6.45) is 2.15. The van der Waals surface area contributed by atoms with Crippen molar-refractivity contribution < 1.29 is 14.3 Å². The minimum atomic E-state index is -0.386. The van der Waals surface area contributed by atoms with Gasteiger partial charge in [0.25, 0.3) is 0 Å². The Morgan fingerprint density at radius 1 is 1.43 bits per heavy atom. The van der Waals surface area contributed by atoms with E-state index >= 15 is 0 Å². The van der Waals surface area contributed by atoms with E-state index in [1.807, 2.05) is 18.7 Å². The summed E-state index contributed by atoms with van der Waals surface area (Å²) < 4.78 is 5.14. The van der Waals surface area contributed by atoms with E-state index in [2.05, 4.69) is 19.2 Å². The number of rotatable bonds is 7. The Kier molecular flexibility index (Phi) is 6.65. The first-order valence-electron chi connectivity index (χ1n) is 7.88. The van der Waals surface area contributed by atoms with Crippen LogP contribution in [-0.2, 0) is 14.3 Å². The Morgan fingerprint density at radius 2 is 2.10 bits per heavy atom. The quantitative estimate of drug-likeness (QED) is 0.780. The summed E-state index contributed by atoms with van der Waals surface area (Å²) in [4.78, 5) is 26.4. The van der Waals surface area contributed by atoms with Crippen LogP contribution < -0.4 is 5.32 Å². The van der Waals surface area contributed by atoms with E-state index in [4.69, 9.17) is 4.74 Å². The Labute approximate surface area is 128 Å². The second-order valence-electron chi connectivity index (χ2n) is 6.85. The maximum atomic E-state index is 12.7. The van der Waals surface area contributed by atoms with Crippen molar-refractivity contribution in [2.24, 2.45) is 11.3 Å². The summed E-state index contributed by atoms with van der Waals surface area (Å²) in [5.74, 6) is 0.190. The van der Waals surface area contributed by atoms with Crippen molar-refractivity contribution in [2.45, 2.75) is 53.0 Å². The normalized spacial score (nSPS) is 22.0. The lowest BCUT2D eigenvalue weighted by Gasteiger charge is -2.34. The molecular weight excluding hydrogens is 268 g/mol. The van der Waals surface area contributed by atoms with Gasteiger partial charge in [-0.1, -0.05) is 34.1 Å². The van der Waals surface area contributed by atoms with Crippen molar-refractivity contribution in [3.8, 4) is 0 Å². The molecule has 1 rings (SSSR count). The fourth-order valence-electron chi connectivity index (χ4n) is 2.60. The lowest BCUT2D eigenvalue weighted by Crippen LogP contribution is -2.50. The molecule has 0 aromatic rings. The smallest absolute Gasteiger partial charge is 0.245 e. The van der Waals surface area contributed by atoms with Crippen LogP contribution in [0, 0.1) is 11.3 Å². The van der Waals surface area contributed by atoms with E-state index in [0.29, 0.717) is 26.1 Å². The molecule has 0 spiro atoms. The van der Waals surface area contributed by atoms with Crippen LogP contribution in [0.4, 0.5) is 0 Å². The van der Waals surface area contributed by atoms with Crippen molar-refractivity contribution >= 4 is 11.8 Å². The Hall–Kier alpha value is -1.10. The summed E-state index contributed by atoms with van der Waals surface area (Å²) in [6, 6.07) is -0.386. The van der Waals surface area contributed by atoms with Crippen LogP contribution in [0.2, 0.25) is 0 Å². The second-order valence-corrected chi connectivity index (χ2v) is 6.85. The van der Waals surface area contributed by atoms with Gasteiger partial charge in [-0.05, 0) is 17.8 Å². The molecule has 0 saturated carbocycles. The number of amides is 2. The largest absolute Gasteiger partial charge is 0.385 e. The molecule has 1 heterocycles. The van der Waals surface area contributed by atoms with Gasteiger partial charge in [-0.3, -0.25) is 9.59 Å². The predicted octanol–water partition coefficient (Wildman–Crippen LogP) is 1.81. The predicted molar refractivity (Wildman–Crippen MR) is 82.9 cm³/mol. The zero-order chi connectivity index (χ0) is 16.0. The van der Waals surface area contributed by atoms with Gasteiger partial charge in [0.15, 0.2) is 0 Å². The van der Waals surface area contributed by atoms with Gasteiger partial charge in [0.2, 0.25) is 11.8 Å². The average Bonchev–Trinajstić information content (AvgIpc) is 2.57. The summed E-state index contributed by atoms with van der Waals surface area (Å²) in [5, 5.41) is 2.88. The zero-order valence-electron chi connectivity index (χ0n) is 14.1. The number of hydrogen-bond donors (Lipinski definition) is 1. The highest BCUT2D eigenvalue weighted by Crippen LogP contribution is 2.24. The number of hydrogen-bond acceptors (Lipinski definition) is 3. The second kappa shape index (κ2) is 7.78. The summed E-state index contributed by atoms with van der Waals surface area (Å²) in [5.41, 5.74) is -0.0148. The average molecular weight is 298 g/mol. The first-order chi connectivity index (χ1) is 9.80. The molecule has 122 valence electrons. The van der Waals surface area contributed by atoms with Crippen molar-refractivity contribution in [2.75, 3.05) is 26.8 Å². The summed E-state index contributed by atoms with van der Waals surface area (Å²) in [7, 11) is 1.69. The monoisotopic (exact) mass is 298 g/mol. The molecule has 21 heavy (non-hydrogen) atoms. The third kappa shape index (κ3) is 5.30. The molecule has 0 bridgehead atoms. The molecule has 0 radical (unpaired) electrons. The van der Waals surface area contributed by atoms with Gasteiger partial charge in [-0.25, -0.2) is 0 Å². The van der Waals surface area contributed by atoms with Crippen LogP contribution in [0.15, 0.2) is 0 Å². The van der Waals surface area contributed by atoms with Crippen molar-refractivity contribution in [1.82, 2.24) is 10.2 Å². The molecule has 2 amide bonds. The number of carbonyl (C=O) groups is 2. The molecule has 2 unspecified atom stereocenters. The lowest BCUT2D eigenvalue weighted by atomic mass is 9.88. The number of nitrogens with zero attached hydrogens (tertiary/aromatic N) is 1. The number of methoxy groups -OCH3 is 1. The van der Waals surface area contributed by atoms with Crippen molar-refractivity contribution in [1.29, 1.82) is 0 Å². The van der Waals surface area contributed by atoms with E-state index in [0.717, 1.165) is 12.8 Å². The fourth-order valence-corrected chi connectivity index (χ4v) is 2.60. The molecule has 1 saturated heterocycles. The molecular formula is C16H30N2O3. The Bertz CT molecular complexity index is 369. The number of ether oxygens (including phenoxy) is 1. The van der Waals surface area contributed by atoms with E-state index in [1.54, 1.807) is 7.11 Å². The first kappa shape index (κ1) is 18.0. The molecule has 1 N–H and O–H groups in total.